The van der Waals surface area contributed by atoms with Crippen molar-refractivity contribution in [2.75, 3.05) is 13.2 Å². The van der Waals surface area contributed by atoms with Crippen LogP contribution in [0.2, 0.25) is 0 Å². The fourth-order valence-corrected chi connectivity index (χ4v) is 1.89. The van der Waals surface area contributed by atoms with E-state index >= 15 is 0 Å². The van der Waals surface area contributed by atoms with Gasteiger partial charge >= 0.3 is 0 Å². The average molecular weight is 273 g/mol. The molecule has 0 atom stereocenters. The number of imidazole rings is 1. The third-order valence-electron chi connectivity index (χ3n) is 3.12. The normalized spacial score (nSPS) is 11.6. The maximum Gasteiger partial charge on any atom is 0.120 e. The second-order valence-corrected chi connectivity index (χ2v) is 5.84. The van der Waals surface area contributed by atoms with E-state index in [2.05, 4.69) is 48.2 Å². The number of nitrogens with zero attached hydrogens (tertiary/aromatic N) is 1. The molecule has 2 aromatic rings. The van der Waals surface area contributed by atoms with Crippen LogP contribution in [0.25, 0.3) is 0 Å². The predicted molar refractivity (Wildman–Crippen MR) is 80.9 cm³/mol. The molecule has 1 aromatic carbocycles. The summed E-state index contributed by atoms with van der Waals surface area (Å²) in [5.41, 5.74) is 1.50. The first-order chi connectivity index (χ1) is 9.55. The smallest absolute Gasteiger partial charge is 0.120 e. The Morgan fingerprint density at radius 2 is 1.95 bits per heavy atom. The van der Waals surface area contributed by atoms with Crippen LogP contribution in [-0.2, 0) is 12.0 Å². The molecule has 0 bridgehead atoms. The standard InChI is InChI=1S/C16H23N3O/c1-16(2,3)13-4-6-14(7-5-13)20-11-10-17-12-15-18-8-9-19-15/h4-9,17H,10-12H2,1-3H3,(H,18,19). The molecule has 108 valence electrons. The van der Waals surface area contributed by atoms with Gasteiger partial charge in [-0.3, -0.25) is 0 Å². The van der Waals surface area contributed by atoms with Gasteiger partial charge in [0.1, 0.15) is 18.2 Å². The summed E-state index contributed by atoms with van der Waals surface area (Å²) >= 11 is 0. The highest BCUT2D eigenvalue weighted by atomic mass is 16.5. The Kier molecular flexibility index (Phi) is 4.79. The number of nitrogens with one attached hydrogen (secondary N) is 2. The maximum atomic E-state index is 5.70. The van der Waals surface area contributed by atoms with Crippen LogP contribution in [0.15, 0.2) is 36.7 Å². The summed E-state index contributed by atoms with van der Waals surface area (Å²) < 4.78 is 5.70. The largest absolute Gasteiger partial charge is 0.492 e. The molecule has 2 rings (SSSR count). The van der Waals surface area contributed by atoms with Gasteiger partial charge in [0.25, 0.3) is 0 Å². The Morgan fingerprint density at radius 1 is 1.20 bits per heavy atom. The molecule has 1 aromatic heterocycles. The lowest BCUT2D eigenvalue weighted by atomic mass is 9.87. The minimum Gasteiger partial charge on any atom is -0.492 e. The Hall–Kier alpha value is -1.81. The lowest BCUT2D eigenvalue weighted by Crippen LogP contribution is -2.21. The van der Waals surface area contributed by atoms with Crippen LogP contribution in [0.5, 0.6) is 5.75 Å². The van der Waals surface area contributed by atoms with Gasteiger partial charge in [-0.05, 0) is 23.1 Å². The summed E-state index contributed by atoms with van der Waals surface area (Å²) in [5, 5.41) is 3.27. The van der Waals surface area contributed by atoms with Gasteiger partial charge in [0, 0.05) is 18.9 Å². The van der Waals surface area contributed by atoms with E-state index in [9.17, 15) is 0 Å². The second-order valence-electron chi connectivity index (χ2n) is 5.84. The van der Waals surface area contributed by atoms with Gasteiger partial charge < -0.3 is 15.0 Å². The van der Waals surface area contributed by atoms with Crippen LogP contribution in [0.3, 0.4) is 0 Å². The van der Waals surface area contributed by atoms with Crippen molar-refractivity contribution in [2.45, 2.75) is 32.7 Å². The van der Waals surface area contributed by atoms with E-state index in [1.807, 2.05) is 18.3 Å². The molecule has 0 fully saturated rings. The monoisotopic (exact) mass is 273 g/mol. The SMILES string of the molecule is CC(C)(C)c1ccc(OCCNCc2ncc[nH]2)cc1. The third kappa shape index (κ3) is 4.38. The molecule has 2 N–H and O–H groups in total. The number of aromatic nitrogens is 2. The number of benzene rings is 1. The third-order valence-corrected chi connectivity index (χ3v) is 3.12. The topological polar surface area (TPSA) is 49.9 Å². The molecule has 0 saturated carbocycles. The first kappa shape index (κ1) is 14.6. The summed E-state index contributed by atoms with van der Waals surface area (Å²) in [6.45, 7) is 8.81. The summed E-state index contributed by atoms with van der Waals surface area (Å²) in [4.78, 5) is 7.20. The molecule has 0 radical (unpaired) electrons. The van der Waals surface area contributed by atoms with Crippen LogP contribution in [0.4, 0.5) is 0 Å². The van der Waals surface area contributed by atoms with Crippen molar-refractivity contribution >= 4 is 0 Å². The van der Waals surface area contributed by atoms with Crippen molar-refractivity contribution in [2.24, 2.45) is 0 Å². The van der Waals surface area contributed by atoms with Gasteiger partial charge in [-0.2, -0.15) is 0 Å². The summed E-state index contributed by atoms with van der Waals surface area (Å²) in [5.74, 6) is 1.86. The Balaban J connectivity index is 1.69. The highest BCUT2D eigenvalue weighted by Crippen LogP contribution is 2.24. The second kappa shape index (κ2) is 6.57. The molecule has 0 unspecified atom stereocenters. The van der Waals surface area contributed by atoms with Crippen molar-refractivity contribution in [1.29, 1.82) is 0 Å². The lowest BCUT2D eigenvalue weighted by molar-refractivity contribution is 0.313. The van der Waals surface area contributed by atoms with Gasteiger partial charge in [-0.15, -0.1) is 0 Å². The highest BCUT2D eigenvalue weighted by molar-refractivity contribution is 5.31. The number of H-pyrrole nitrogens is 1. The zero-order chi connectivity index (χ0) is 14.4. The molecular formula is C16H23N3O. The van der Waals surface area contributed by atoms with E-state index in [-0.39, 0.29) is 5.41 Å². The van der Waals surface area contributed by atoms with E-state index in [4.69, 9.17) is 4.74 Å². The fraction of sp³-hybridized carbons (Fsp3) is 0.438. The van der Waals surface area contributed by atoms with Crippen LogP contribution in [0.1, 0.15) is 32.2 Å². The molecular weight excluding hydrogens is 250 g/mol. The molecule has 20 heavy (non-hydrogen) atoms. The molecule has 0 aliphatic rings. The highest BCUT2D eigenvalue weighted by Gasteiger charge is 2.12. The molecule has 0 aliphatic carbocycles. The van der Waals surface area contributed by atoms with Gasteiger partial charge in [0.2, 0.25) is 0 Å². The minimum absolute atomic E-state index is 0.184. The number of ether oxygens (including phenoxy) is 1. The maximum absolute atomic E-state index is 5.70. The summed E-state index contributed by atoms with van der Waals surface area (Å²) in [6.07, 6.45) is 3.58. The Morgan fingerprint density at radius 3 is 2.55 bits per heavy atom. The number of aromatic amines is 1. The van der Waals surface area contributed by atoms with E-state index < -0.39 is 0 Å². The van der Waals surface area contributed by atoms with Crippen molar-refractivity contribution in [1.82, 2.24) is 15.3 Å². The number of hydrogen-bond acceptors (Lipinski definition) is 3. The summed E-state index contributed by atoms with van der Waals surface area (Å²) in [6, 6.07) is 8.33. The Bertz CT molecular complexity index is 498. The van der Waals surface area contributed by atoms with Crippen LogP contribution in [-0.4, -0.2) is 23.1 Å². The fourth-order valence-electron chi connectivity index (χ4n) is 1.89. The summed E-state index contributed by atoms with van der Waals surface area (Å²) in [7, 11) is 0. The van der Waals surface area contributed by atoms with Gasteiger partial charge in [-0.25, -0.2) is 4.98 Å². The Labute approximate surface area is 120 Å². The van der Waals surface area contributed by atoms with Crippen molar-refractivity contribution in [3.63, 3.8) is 0 Å². The molecule has 0 amide bonds. The predicted octanol–water partition coefficient (Wildman–Crippen LogP) is 2.88. The minimum atomic E-state index is 0.184. The van der Waals surface area contributed by atoms with Crippen molar-refractivity contribution < 1.29 is 4.74 Å². The van der Waals surface area contributed by atoms with E-state index in [1.165, 1.54) is 5.56 Å². The van der Waals surface area contributed by atoms with Gasteiger partial charge in [-0.1, -0.05) is 32.9 Å². The molecule has 0 saturated heterocycles. The molecule has 0 aliphatic heterocycles. The number of rotatable bonds is 6. The van der Waals surface area contributed by atoms with Gasteiger partial charge in [0.05, 0.1) is 6.54 Å². The first-order valence-electron chi connectivity index (χ1n) is 6.98. The van der Waals surface area contributed by atoms with Crippen molar-refractivity contribution in [3.05, 3.63) is 48.0 Å². The lowest BCUT2D eigenvalue weighted by Gasteiger charge is -2.19. The quantitative estimate of drug-likeness (QED) is 0.796. The number of hydrogen-bond donors (Lipinski definition) is 2. The molecule has 0 spiro atoms. The first-order valence-corrected chi connectivity index (χ1v) is 6.98. The van der Waals surface area contributed by atoms with E-state index in [0.29, 0.717) is 6.61 Å². The van der Waals surface area contributed by atoms with Crippen LogP contribution in [0, 0.1) is 0 Å². The average Bonchev–Trinajstić information content (AvgIpc) is 2.91. The van der Waals surface area contributed by atoms with Crippen LogP contribution >= 0.6 is 0 Å². The van der Waals surface area contributed by atoms with Crippen LogP contribution < -0.4 is 10.1 Å². The van der Waals surface area contributed by atoms with E-state index in [0.717, 1.165) is 24.7 Å². The van der Waals surface area contributed by atoms with Crippen molar-refractivity contribution in [3.8, 4) is 5.75 Å². The molecule has 4 heteroatoms. The zero-order valence-corrected chi connectivity index (χ0v) is 12.4. The van der Waals surface area contributed by atoms with E-state index in [1.54, 1.807) is 6.20 Å². The molecule has 1 heterocycles. The van der Waals surface area contributed by atoms with Gasteiger partial charge in [0.15, 0.2) is 0 Å². The molecule has 4 nitrogen and oxygen atoms in total. The zero-order valence-electron chi connectivity index (χ0n) is 12.4.